The number of carbonyl (C=O) groups excluding carboxylic acids is 1. The Kier molecular flexibility index (Phi) is 4.11. The first-order chi connectivity index (χ1) is 12.6. The van der Waals surface area contributed by atoms with Crippen molar-refractivity contribution in [3.8, 4) is 0 Å². The molecular formula is C17H19N7O2. The molecule has 3 aromatic rings. The van der Waals surface area contributed by atoms with Crippen LogP contribution in [0.1, 0.15) is 40.8 Å². The van der Waals surface area contributed by atoms with Crippen molar-refractivity contribution in [2.75, 3.05) is 0 Å². The minimum Gasteiger partial charge on any atom is -0.349 e. The summed E-state index contributed by atoms with van der Waals surface area (Å²) in [6, 6.07) is 4.85. The molecule has 134 valence electrons. The minimum absolute atomic E-state index is 0.102. The number of nitrogens with zero attached hydrogens (tertiary/aromatic N) is 5. The zero-order valence-corrected chi connectivity index (χ0v) is 14.3. The van der Waals surface area contributed by atoms with Gasteiger partial charge in [-0.25, -0.2) is 0 Å². The summed E-state index contributed by atoms with van der Waals surface area (Å²) in [4.78, 5) is 25.7. The first kappa shape index (κ1) is 16.2. The second-order valence-electron chi connectivity index (χ2n) is 6.52. The molecule has 0 saturated heterocycles. The Morgan fingerprint density at radius 3 is 2.88 bits per heavy atom. The van der Waals surface area contributed by atoms with Gasteiger partial charge >= 0.3 is 0 Å². The molecule has 3 heterocycles. The molecule has 0 aromatic carbocycles. The number of H-pyrrole nitrogens is 1. The summed E-state index contributed by atoms with van der Waals surface area (Å²) in [5.74, 6) is 1.88. The van der Waals surface area contributed by atoms with Gasteiger partial charge in [0, 0.05) is 43.7 Å². The molecule has 0 bridgehead atoms. The molecule has 2 N–H and O–H groups in total. The molecule has 0 spiro atoms. The lowest BCUT2D eigenvalue weighted by atomic mass is 9.79. The average Bonchev–Trinajstić information content (AvgIpc) is 3.23. The van der Waals surface area contributed by atoms with Gasteiger partial charge in [0.25, 0.3) is 5.91 Å². The summed E-state index contributed by atoms with van der Waals surface area (Å²) in [5, 5.41) is 15.8. The lowest BCUT2D eigenvalue weighted by Crippen LogP contribution is -2.44. The SMILES string of the molecule is Cn1c(Cn2cccn2)nnc1C1CC(NC(=O)c2ccc(=O)[nH]c2)C1. The molecule has 1 saturated carbocycles. The zero-order chi connectivity index (χ0) is 18.1. The van der Waals surface area contributed by atoms with Gasteiger partial charge in [-0.15, -0.1) is 10.2 Å². The number of hydrogen-bond acceptors (Lipinski definition) is 5. The van der Waals surface area contributed by atoms with Gasteiger partial charge < -0.3 is 14.9 Å². The third kappa shape index (κ3) is 3.15. The lowest BCUT2D eigenvalue weighted by Gasteiger charge is -2.35. The van der Waals surface area contributed by atoms with E-state index < -0.39 is 0 Å². The van der Waals surface area contributed by atoms with Crippen LogP contribution in [0.4, 0.5) is 0 Å². The maximum atomic E-state index is 12.2. The molecule has 1 aliphatic carbocycles. The maximum absolute atomic E-state index is 12.2. The molecule has 0 atom stereocenters. The van der Waals surface area contributed by atoms with E-state index in [0.29, 0.717) is 12.1 Å². The first-order valence-electron chi connectivity index (χ1n) is 8.45. The lowest BCUT2D eigenvalue weighted by molar-refractivity contribution is 0.0906. The van der Waals surface area contributed by atoms with E-state index in [9.17, 15) is 9.59 Å². The highest BCUT2D eigenvalue weighted by molar-refractivity contribution is 5.94. The number of aromatic nitrogens is 6. The van der Waals surface area contributed by atoms with Crippen LogP contribution in [-0.4, -0.2) is 41.5 Å². The van der Waals surface area contributed by atoms with E-state index in [4.69, 9.17) is 0 Å². The summed E-state index contributed by atoms with van der Waals surface area (Å²) in [6.07, 6.45) is 6.70. The highest BCUT2D eigenvalue weighted by Gasteiger charge is 2.35. The first-order valence-corrected chi connectivity index (χ1v) is 8.45. The van der Waals surface area contributed by atoms with Crippen molar-refractivity contribution in [3.63, 3.8) is 0 Å². The molecule has 1 fully saturated rings. The molecule has 1 amide bonds. The van der Waals surface area contributed by atoms with Crippen LogP contribution in [0, 0.1) is 0 Å². The topological polar surface area (TPSA) is 110 Å². The van der Waals surface area contributed by atoms with Gasteiger partial charge in [0.2, 0.25) is 5.56 Å². The van der Waals surface area contributed by atoms with E-state index in [2.05, 4.69) is 25.6 Å². The van der Waals surface area contributed by atoms with Crippen molar-refractivity contribution >= 4 is 5.91 Å². The van der Waals surface area contributed by atoms with Crippen LogP contribution in [0.25, 0.3) is 0 Å². The summed E-state index contributed by atoms with van der Waals surface area (Å²) in [5.41, 5.74) is 0.228. The fourth-order valence-corrected chi connectivity index (χ4v) is 3.17. The van der Waals surface area contributed by atoms with Crippen LogP contribution in [0.3, 0.4) is 0 Å². The van der Waals surface area contributed by atoms with Gasteiger partial charge in [-0.1, -0.05) is 0 Å². The van der Waals surface area contributed by atoms with E-state index in [0.717, 1.165) is 24.5 Å². The number of hydrogen-bond donors (Lipinski definition) is 2. The normalized spacial score (nSPS) is 19.1. The number of aromatic amines is 1. The molecule has 26 heavy (non-hydrogen) atoms. The molecule has 3 aromatic heterocycles. The minimum atomic E-state index is -0.224. The van der Waals surface area contributed by atoms with Crippen LogP contribution in [0.2, 0.25) is 0 Å². The molecule has 9 nitrogen and oxygen atoms in total. The van der Waals surface area contributed by atoms with Crippen LogP contribution < -0.4 is 10.9 Å². The summed E-state index contributed by atoms with van der Waals surface area (Å²) < 4.78 is 3.81. The predicted octanol–water partition coefficient (Wildman–Crippen LogP) is 0.424. The molecule has 0 unspecified atom stereocenters. The molecule has 0 radical (unpaired) electrons. The van der Waals surface area contributed by atoms with Crippen molar-refractivity contribution in [1.82, 2.24) is 34.8 Å². The Hall–Kier alpha value is -3.23. The molecule has 0 aliphatic heterocycles. The average molecular weight is 353 g/mol. The smallest absolute Gasteiger partial charge is 0.252 e. The predicted molar refractivity (Wildman–Crippen MR) is 92.6 cm³/mol. The fraction of sp³-hybridized carbons (Fsp3) is 0.353. The van der Waals surface area contributed by atoms with E-state index in [-0.39, 0.29) is 23.4 Å². The summed E-state index contributed by atoms with van der Waals surface area (Å²) in [7, 11) is 1.96. The summed E-state index contributed by atoms with van der Waals surface area (Å²) in [6.45, 7) is 0.579. The van der Waals surface area contributed by atoms with Crippen LogP contribution in [0.15, 0.2) is 41.6 Å². The second kappa shape index (κ2) is 6.58. The fourth-order valence-electron chi connectivity index (χ4n) is 3.17. The number of rotatable bonds is 5. The van der Waals surface area contributed by atoms with Crippen molar-refractivity contribution in [1.29, 1.82) is 0 Å². The standard InChI is InChI=1S/C17H19N7O2/c1-23-14(10-24-6-2-5-19-24)21-22-16(23)12-7-13(8-12)20-17(26)11-3-4-15(25)18-9-11/h2-6,9,12-13H,7-8,10H2,1H3,(H,18,25)(H,20,26). The largest absolute Gasteiger partial charge is 0.349 e. The maximum Gasteiger partial charge on any atom is 0.252 e. The van der Waals surface area contributed by atoms with Gasteiger partial charge in [0.15, 0.2) is 5.82 Å². The van der Waals surface area contributed by atoms with Gasteiger partial charge in [-0.2, -0.15) is 5.10 Å². The van der Waals surface area contributed by atoms with Crippen molar-refractivity contribution < 1.29 is 4.79 Å². The van der Waals surface area contributed by atoms with Crippen molar-refractivity contribution in [2.24, 2.45) is 7.05 Å². The highest BCUT2D eigenvalue weighted by Crippen LogP contribution is 2.36. The van der Waals surface area contributed by atoms with Crippen molar-refractivity contribution in [3.05, 3.63) is 64.4 Å². The number of amides is 1. The Morgan fingerprint density at radius 1 is 1.35 bits per heavy atom. The van der Waals surface area contributed by atoms with E-state index in [1.165, 1.54) is 18.3 Å². The molecule has 4 rings (SSSR count). The quantitative estimate of drug-likeness (QED) is 0.691. The highest BCUT2D eigenvalue weighted by atomic mass is 16.2. The third-order valence-corrected chi connectivity index (χ3v) is 4.75. The molecular weight excluding hydrogens is 334 g/mol. The molecule has 9 heteroatoms. The van der Waals surface area contributed by atoms with Gasteiger partial charge in [0.1, 0.15) is 12.4 Å². The van der Waals surface area contributed by atoms with Crippen LogP contribution in [0.5, 0.6) is 0 Å². The van der Waals surface area contributed by atoms with Gasteiger partial charge in [0.05, 0.1) is 5.56 Å². The van der Waals surface area contributed by atoms with E-state index in [1.54, 1.807) is 6.20 Å². The Bertz CT molecular complexity index is 947. The van der Waals surface area contributed by atoms with Gasteiger partial charge in [-0.05, 0) is 25.0 Å². The third-order valence-electron chi connectivity index (χ3n) is 4.75. The summed E-state index contributed by atoms with van der Waals surface area (Å²) >= 11 is 0. The van der Waals surface area contributed by atoms with Gasteiger partial charge in [-0.3, -0.25) is 14.3 Å². The monoisotopic (exact) mass is 353 g/mol. The van der Waals surface area contributed by atoms with Crippen LogP contribution >= 0.6 is 0 Å². The number of carbonyl (C=O) groups is 1. The number of nitrogens with one attached hydrogen (secondary N) is 2. The molecule has 1 aliphatic rings. The van der Waals surface area contributed by atoms with E-state index >= 15 is 0 Å². The second-order valence-corrected chi connectivity index (χ2v) is 6.52. The zero-order valence-electron chi connectivity index (χ0n) is 14.3. The Balaban J connectivity index is 1.34. The van der Waals surface area contributed by atoms with E-state index in [1.807, 2.05) is 28.6 Å². The van der Waals surface area contributed by atoms with Crippen molar-refractivity contribution in [2.45, 2.75) is 31.3 Å². The Morgan fingerprint density at radius 2 is 2.19 bits per heavy atom. The number of pyridine rings is 1. The van der Waals surface area contributed by atoms with Crippen LogP contribution in [-0.2, 0) is 13.6 Å². The Labute approximate surface area is 149 Å².